The SMILES string of the molecule is CCCNC(Cc1ccn(C2CCCC2)n1)C1CCOC1. The number of rotatable bonds is 7. The van der Waals surface area contributed by atoms with Crippen LogP contribution in [0.2, 0.25) is 0 Å². The monoisotopic (exact) mass is 291 g/mol. The van der Waals surface area contributed by atoms with E-state index in [-0.39, 0.29) is 0 Å². The summed E-state index contributed by atoms with van der Waals surface area (Å²) >= 11 is 0. The van der Waals surface area contributed by atoms with E-state index in [9.17, 15) is 0 Å². The highest BCUT2D eigenvalue weighted by molar-refractivity contribution is 5.04. The summed E-state index contributed by atoms with van der Waals surface area (Å²) in [5.74, 6) is 0.646. The van der Waals surface area contributed by atoms with Gasteiger partial charge in [0.2, 0.25) is 0 Å². The first-order valence-electron chi connectivity index (χ1n) is 8.72. The van der Waals surface area contributed by atoms with E-state index in [4.69, 9.17) is 9.84 Å². The molecule has 1 aliphatic heterocycles. The highest BCUT2D eigenvalue weighted by atomic mass is 16.5. The molecular formula is C17H29N3O. The molecule has 4 heteroatoms. The van der Waals surface area contributed by atoms with Gasteiger partial charge >= 0.3 is 0 Å². The van der Waals surface area contributed by atoms with E-state index in [2.05, 4.69) is 29.2 Å². The molecule has 0 amide bonds. The average Bonchev–Trinajstić information content (AvgIpc) is 3.24. The molecule has 2 unspecified atom stereocenters. The van der Waals surface area contributed by atoms with Crippen LogP contribution < -0.4 is 5.32 Å². The zero-order valence-electron chi connectivity index (χ0n) is 13.3. The molecule has 2 fully saturated rings. The molecular weight excluding hydrogens is 262 g/mol. The summed E-state index contributed by atoms with van der Waals surface area (Å²) in [5.41, 5.74) is 1.24. The molecule has 2 heterocycles. The van der Waals surface area contributed by atoms with Crippen LogP contribution in [0.5, 0.6) is 0 Å². The van der Waals surface area contributed by atoms with Gasteiger partial charge in [-0.3, -0.25) is 4.68 Å². The number of nitrogens with zero attached hydrogens (tertiary/aromatic N) is 2. The van der Waals surface area contributed by atoms with Crippen molar-refractivity contribution in [2.45, 2.75) is 64.0 Å². The van der Waals surface area contributed by atoms with E-state index >= 15 is 0 Å². The molecule has 0 radical (unpaired) electrons. The van der Waals surface area contributed by atoms with Crippen molar-refractivity contribution in [1.29, 1.82) is 0 Å². The first-order chi connectivity index (χ1) is 10.4. The largest absolute Gasteiger partial charge is 0.381 e. The predicted molar refractivity (Wildman–Crippen MR) is 84.4 cm³/mol. The summed E-state index contributed by atoms with van der Waals surface area (Å²) in [5, 5.41) is 8.56. The fourth-order valence-electron chi connectivity index (χ4n) is 3.69. The second kappa shape index (κ2) is 7.41. The zero-order chi connectivity index (χ0) is 14.5. The van der Waals surface area contributed by atoms with Gasteiger partial charge in [0.15, 0.2) is 0 Å². The molecule has 1 saturated heterocycles. The topological polar surface area (TPSA) is 39.1 Å². The Morgan fingerprint density at radius 3 is 2.95 bits per heavy atom. The quantitative estimate of drug-likeness (QED) is 0.839. The maximum Gasteiger partial charge on any atom is 0.0640 e. The van der Waals surface area contributed by atoms with Gasteiger partial charge in [-0.25, -0.2) is 0 Å². The van der Waals surface area contributed by atoms with Crippen molar-refractivity contribution < 1.29 is 4.74 Å². The molecule has 2 aliphatic rings. The Morgan fingerprint density at radius 2 is 2.24 bits per heavy atom. The Balaban J connectivity index is 1.61. The van der Waals surface area contributed by atoms with Gasteiger partial charge in [-0.2, -0.15) is 5.10 Å². The van der Waals surface area contributed by atoms with E-state index in [1.165, 1.54) is 44.2 Å². The van der Waals surface area contributed by atoms with E-state index in [0.29, 0.717) is 18.0 Å². The molecule has 1 aliphatic carbocycles. The number of hydrogen-bond acceptors (Lipinski definition) is 3. The van der Waals surface area contributed by atoms with Gasteiger partial charge in [-0.15, -0.1) is 0 Å². The standard InChI is InChI=1S/C17H29N3O/c1-2-9-18-17(14-8-11-21-13-14)12-15-7-10-20(19-15)16-5-3-4-6-16/h7,10,14,16-18H,2-6,8-9,11-13H2,1H3. The number of hydrogen-bond donors (Lipinski definition) is 1. The summed E-state index contributed by atoms with van der Waals surface area (Å²) in [7, 11) is 0. The normalized spacial score (nSPS) is 24.7. The molecule has 0 aromatic carbocycles. The summed E-state index contributed by atoms with van der Waals surface area (Å²) < 4.78 is 7.79. The summed E-state index contributed by atoms with van der Waals surface area (Å²) in [6.07, 6.45) is 10.9. The van der Waals surface area contributed by atoms with Gasteiger partial charge in [0.25, 0.3) is 0 Å². The number of ether oxygens (including phenoxy) is 1. The highest BCUT2D eigenvalue weighted by Gasteiger charge is 2.26. The van der Waals surface area contributed by atoms with Crippen molar-refractivity contribution in [3.63, 3.8) is 0 Å². The maximum absolute atomic E-state index is 5.58. The second-order valence-electron chi connectivity index (χ2n) is 6.61. The van der Waals surface area contributed by atoms with Crippen molar-refractivity contribution in [3.8, 4) is 0 Å². The fraction of sp³-hybridized carbons (Fsp3) is 0.824. The van der Waals surface area contributed by atoms with Crippen LogP contribution in [0.25, 0.3) is 0 Å². The van der Waals surface area contributed by atoms with Crippen molar-refractivity contribution in [2.24, 2.45) is 5.92 Å². The van der Waals surface area contributed by atoms with Crippen LogP contribution in [0.15, 0.2) is 12.3 Å². The van der Waals surface area contributed by atoms with E-state index in [0.717, 1.165) is 26.2 Å². The van der Waals surface area contributed by atoms with Crippen LogP contribution in [-0.2, 0) is 11.2 Å². The number of nitrogens with one attached hydrogen (secondary N) is 1. The first kappa shape index (κ1) is 15.0. The van der Waals surface area contributed by atoms with Gasteiger partial charge in [0.05, 0.1) is 18.3 Å². The van der Waals surface area contributed by atoms with Crippen molar-refractivity contribution in [3.05, 3.63) is 18.0 Å². The Hall–Kier alpha value is -0.870. The lowest BCUT2D eigenvalue weighted by molar-refractivity contribution is 0.176. The van der Waals surface area contributed by atoms with E-state index < -0.39 is 0 Å². The molecule has 118 valence electrons. The van der Waals surface area contributed by atoms with E-state index in [1.807, 2.05) is 0 Å². The molecule has 1 saturated carbocycles. The fourth-order valence-corrected chi connectivity index (χ4v) is 3.69. The molecule has 4 nitrogen and oxygen atoms in total. The minimum absolute atomic E-state index is 0.513. The summed E-state index contributed by atoms with van der Waals surface area (Å²) in [4.78, 5) is 0. The van der Waals surface area contributed by atoms with Crippen LogP contribution in [0.4, 0.5) is 0 Å². The van der Waals surface area contributed by atoms with Crippen molar-refractivity contribution >= 4 is 0 Å². The molecule has 0 spiro atoms. The molecule has 2 atom stereocenters. The Labute approximate surface area is 128 Å². The van der Waals surface area contributed by atoms with Crippen LogP contribution >= 0.6 is 0 Å². The molecule has 1 N–H and O–H groups in total. The summed E-state index contributed by atoms with van der Waals surface area (Å²) in [6.45, 7) is 5.14. The van der Waals surface area contributed by atoms with Crippen LogP contribution in [0, 0.1) is 5.92 Å². The average molecular weight is 291 g/mol. The molecule has 1 aromatic rings. The Morgan fingerprint density at radius 1 is 1.38 bits per heavy atom. The van der Waals surface area contributed by atoms with E-state index in [1.54, 1.807) is 0 Å². The van der Waals surface area contributed by atoms with Gasteiger partial charge in [0.1, 0.15) is 0 Å². The zero-order valence-corrected chi connectivity index (χ0v) is 13.3. The van der Waals surface area contributed by atoms with Crippen LogP contribution in [0.3, 0.4) is 0 Å². The van der Waals surface area contributed by atoms with Crippen LogP contribution in [0.1, 0.15) is 57.2 Å². The third-order valence-corrected chi connectivity index (χ3v) is 4.98. The van der Waals surface area contributed by atoms with Crippen molar-refractivity contribution in [2.75, 3.05) is 19.8 Å². The Kier molecular flexibility index (Phi) is 5.31. The third kappa shape index (κ3) is 3.86. The lowest BCUT2D eigenvalue weighted by Crippen LogP contribution is -2.39. The minimum atomic E-state index is 0.513. The van der Waals surface area contributed by atoms with Gasteiger partial charge in [-0.05, 0) is 38.3 Å². The van der Waals surface area contributed by atoms with Crippen LogP contribution in [-0.4, -0.2) is 35.6 Å². The lowest BCUT2D eigenvalue weighted by Gasteiger charge is -2.23. The maximum atomic E-state index is 5.58. The predicted octanol–water partition coefficient (Wildman–Crippen LogP) is 2.95. The number of aromatic nitrogens is 2. The van der Waals surface area contributed by atoms with Gasteiger partial charge in [-0.1, -0.05) is 19.8 Å². The minimum Gasteiger partial charge on any atom is -0.381 e. The Bertz CT molecular complexity index is 419. The lowest BCUT2D eigenvalue weighted by atomic mass is 9.95. The smallest absolute Gasteiger partial charge is 0.0640 e. The highest BCUT2D eigenvalue weighted by Crippen LogP contribution is 2.29. The third-order valence-electron chi connectivity index (χ3n) is 4.98. The first-order valence-corrected chi connectivity index (χ1v) is 8.72. The molecule has 21 heavy (non-hydrogen) atoms. The van der Waals surface area contributed by atoms with Gasteiger partial charge < -0.3 is 10.1 Å². The molecule has 1 aromatic heterocycles. The van der Waals surface area contributed by atoms with Gasteiger partial charge in [0, 0.05) is 31.2 Å². The molecule has 0 bridgehead atoms. The summed E-state index contributed by atoms with van der Waals surface area (Å²) in [6, 6.07) is 3.38. The second-order valence-corrected chi connectivity index (χ2v) is 6.61. The molecule has 3 rings (SSSR count). The van der Waals surface area contributed by atoms with Crippen molar-refractivity contribution in [1.82, 2.24) is 15.1 Å².